The first-order valence-electron chi connectivity index (χ1n) is 7.06. The highest BCUT2D eigenvalue weighted by atomic mass is 32.2. The van der Waals surface area contributed by atoms with Gasteiger partial charge in [-0.1, -0.05) is 0 Å². The lowest BCUT2D eigenvalue weighted by Gasteiger charge is -2.26. The predicted octanol–water partition coefficient (Wildman–Crippen LogP) is 1.04. The zero-order chi connectivity index (χ0) is 13.5. The normalized spacial score (nSPS) is 27.1. The lowest BCUT2D eigenvalue weighted by atomic mass is 9.98. The first-order valence-corrected chi connectivity index (χ1v) is 8.88. The third-order valence-corrected chi connectivity index (χ3v) is 6.08. The van der Waals surface area contributed by atoms with E-state index in [2.05, 4.69) is 9.55 Å². The van der Waals surface area contributed by atoms with E-state index < -0.39 is 9.84 Å². The number of imidazole rings is 1. The molecule has 1 atom stereocenters. The molecule has 0 radical (unpaired) electrons. The Balaban J connectivity index is 1.73. The maximum atomic E-state index is 11.4. The van der Waals surface area contributed by atoms with E-state index >= 15 is 0 Å². The zero-order valence-corrected chi connectivity index (χ0v) is 11.9. The summed E-state index contributed by atoms with van der Waals surface area (Å²) in [6.45, 7) is 0. The van der Waals surface area contributed by atoms with E-state index in [0.29, 0.717) is 17.4 Å². The summed E-state index contributed by atoms with van der Waals surface area (Å²) in [5.74, 6) is 2.14. The molecule has 0 bridgehead atoms. The molecule has 1 fully saturated rings. The van der Waals surface area contributed by atoms with Gasteiger partial charge in [0.25, 0.3) is 0 Å². The minimum atomic E-state index is -2.77. The second-order valence-corrected chi connectivity index (χ2v) is 8.10. The van der Waals surface area contributed by atoms with Crippen LogP contribution in [0, 0.1) is 5.92 Å². The van der Waals surface area contributed by atoms with E-state index in [1.807, 2.05) is 6.20 Å². The van der Waals surface area contributed by atoms with E-state index in [1.54, 1.807) is 0 Å². The van der Waals surface area contributed by atoms with Gasteiger partial charge in [0.1, 0.15) is 15.7 Å². The summed E-state index contributed by atoms with van der Waals surface area (Å²) >= 11 is 0. The molecule has 0 aromatic carbocycles. The maximum Gasteiger partial charge on any atom is 0.150 e. The third kappa shape index (κ3) is 2.69. The number of aromatic nitrogens is 2. The minimum Gasteiger partial charge on any atom is -0.316 e. The largest absolute Gasteiger partial charge is 0.316 e. The van der Waals surface area contributed by atoms with Crippen molar-refractivity contribution in [3.8, 4) is 0 Å². The number of sulfone groups is 1. The van der Waals surface area contributed by atoms with Crippen LogP contribution in [-0.4, -0.2) is 29.5 Å². The number of hydrogen-bond acceptors (Lipinski definition) is 4. The lowest BCUT2D eigenvalue weighted by Crippen LogP contribution is -2.29. The number of fused-ring (bicyclic) bond motifs is 1. The summed E-state index contributed by atoms with van der Waals surface area (Å²) in [5, 5.41) is 0. The average molecular weight is 283 g/mol. The van der Waals surface area contributed by atoms with Crippen LogP contribution in [0.4, 0.5) is 0 Å². The van der Waals surface area contributed by atoms with Gasteiger partial charge >= 0.3 is 0 Å². The molecule has 1 unspecified atom stereocenters. The molecule has 1 aromatic heterocycles. The third-order valence-electron chi connectivity index (χ3n) is 4.36. The van der Waals surface area contributed by atoms with Gasteiger partial charge in [-0.15, -0.1) is 0 Å². The van der Waals surface area contributed by atoms with Crippen molar-refractivity contribution in [2.45, 2.75) is 44.7 Å². The Morgan fingerprint density at radius 2 is 2.05 bits per heavy atom. The molecule has 0 spiro atoms. The highest BCUT2D eigenvalue weighted by molar-refractivity contribution is 7.91. The van der Waals surface area contributed by atoms with Crippen LogP contribution >= 0.6 is 0 Å². The fraction of sp³-hybridized carbons (Fsp3) is 0.769. The average Bonchev–Trinajstić information content (AvgIpc) is 2.77. The van der Waals surface area contributed by atoms with Gasteiger partial charge in [0, 0.05) is 18.3 Å². The summed E-state index contributed by atoms with van der Waals surface area (Å²) in [6, 6.07) is 0. The van der Waals surface area contributed by atoms with Crippen molar-refractivity contribution in [2.24, 2.45) is 11.7 Å². The molecule has 3 heterocycles. The SMILES string of the molecule is NC1CCCc2cnc(CC3CCS(=O)(=O)CC3)n21. The van der Waals surface area contributed by atoms with Crippen molar-refractivity contribution in [2.75, 3.05) is 11.5 Å². The molecule has 1 aromatic rings. The van der Waals surface area contributed by atoms with Crippen LogP contribution in [0.2, 0.25) is 0 Å². The molecule has 5 nitrogen and oxygen atoms in total. The van der Waals surface area contributed by atoms with Crippen LogP contribution < -0.4 is 5.73 Å². The molecular formula is C13H21N3O2S. The fourth-order valence-corrected chi connectivity index (χ4v) is 4.79. The zero-order valence-electron chi connectivity index (χ0n) is 11.1. The second kappa shape index (κ2) is 4.90. The summed E-state index contributed by atoms with van der Waals surface area (Å²) in [6.07, 6.45) is 7.58. The van der Waals surface area contributed by atoms with Gasteiger partial charge in [0.2, 0.25) is 0 Å². The Kier molecular flexibility index (Phi) is 3.39. The molecule has 2 aliphatic heterocycles. The Morgan fingerprint density at radius 1 is 1.32 bits per heavy atom. The number of nitrogens with two attached hydrogens (primary N) is 1. The molecule has 0 amide bonds. The monoisotopic (exact) mass is 283 g/mol. The van der Waals surface area contributed by atoms with E-state index in [0.717, 1.165) is 44.3 Å². The van der Waals surface area contributed by atoms with Crippen LogP contribution in [0.3, 0.4) is 0 Å². The smallest absolute Gasteiger partial charge is 0.150 e. The van der Waals surface area contributed by atoms with E-state index in [9.17, 15) is 8.42 Å². The molecular weight excluding hydrogens is 262 g/mol. The van der Waals surface area contributed by atoms with Crippen molar-refractivity contribution in [1.29, 1.82) is 0 Å². The maximum absolute atomic E-state index is 11.4. The number of nitrogens with zero attached hydrogens (tertiary/aromatic N) is 2. The summed E-state index contributed by atoms with van der Waals surface area (Å²) < 4.78 is 25.1. The van der Waals surface area contributed by atoms with Crippen LogP contribution in [0.5, 0.6) is 0 Å². The number of aryl methyl sites for hydroxylation is 1. The molecule has 19 heavy (non-hydrogen) atoms. The van der Waals surface area contributed by atoms with Crippen LogP contribution in [-0.2, 0) is 22.7 Å². The molecule has 1 saturated heterocycles. The Labute approximate surface area is 114 Å². The van der Waals surface area contributed by atoms with Crippen LogP contribution in [0.25, 0.3) is 0 Å². The Hall–Kier alpha value is -0.880. The van der Waals surface area contributed by atoms with Gasteiger partial charge in [-0.2, -0.15) is 0 Å². The van der Waals surface area contributed by atoms with E-state index in [1.165, 1.54) is 5.69 Å². The predicted molar refractivity (Wildman–Crippen MR) is 73.5 cm³/mol. The second-order valence-electron chi connectivity index (χ2n) is 5.79. The summed E-state index contributed by atoms with van der Waals surface area (Å²) in [4.78, 5) is 4.51. The molecule has 0 saturated carbocycles. The Bertz CT molecular complexity index is 550. The van der Waals surface area contributed by atoms with Crippen molar-refractivity contribution < 1.29 is 8.42 Å². The van der Waals surface area contributed by atoms with Crippen molar-refractivity contribution in [3.05, 3.63) is 17.7 Å². The van der Waals surface area contributed by atoms with Crippen molar-refractivity contribution in [3.63, 3.8) is 0 Å². The molecule has 0 aliphatic carbocycles. The molecule has 106 valence electrons. The lowest BCUT2D eigenvalue weighted by molar-refractivity contribution is 0.380. The van der Waals surface area contributed by atoms with Gasteiger partial charge in [-0.05, 0) is 38.0 Å². The van der Waals surface area contributed by atoms with Crippen LogP contribution in [0.1, 0.15) is 43.4 Å². The van der Waals surface area contributed by atoms with E-state index in [4.69, 9.17) is 5.73 Å². The highest BCUT2D eigenvalue weighted by Gasteiger charge is 2.27. The molecule has 2 aliphatic rings. The minimum absolute atomic E-state index is 0.0496. The first kappa shape index (κ1) is 13.1. The summed E-state index contributed by atoms with van der Waals surface area (Å²) in [7, 11) is -2.77. The number of hydrogen-bond donors (Lipinski definition) is 1. The molecule has 2 N–H and O–H groups in total. The van der Waals surface area contributed by atoms with Crippen LogP contribution in [0.15, 0.2) is 6.20 Å². The van der Waals surface area contributed by atoms with Crippen molar-refractivity contribution >= 4 is 9.84 Å². The summed E-state index contributed by atoms with van der Waals surface area (Å²) in [5.41, 5.74) is 7.40. The van der Waals surface area contributed by atoms with Gasteiger partial charge in [0.15, 0.2) is 0 Å². The fourth-order valence-electron chi connectivity index (χ4n) is 3.20. The van der Waals surface area contributed by atoms with Gasteiger partial charge in [-0.25, -0.2) is 13.4 Å². The van der Waals surface area contributed by atoms with Gasteiger partial charge in [-0.3, -0.25) is 0 Å². The van der Waals surface area contributed by atoms with Gasteiger partial charge < -0.3 is 10.3 Å². The first-order chi connectivity index (χ1) is 9.05. The number of rotatable bonds is 2. The highest BCUT2D eigenvalue weighted by Crippen LogP contribution is 2.27. The standard InChI is InChI=1S/C13H21N3O2S/c14-12-3-1-2-11-9-15-13(16(11)12)8-10-4-6-19(17,18)7-5-10/h9-10,12H,1-8,14H2. The topological polar surface area (TPSA) is 78.0 Å². The molecule has 3 rings (SSSR count). The van der Waals surface area contributed by atoms with Crippen molar-refractivity contribution in [1.82, 2.24) is 9.55 Å². The van der Waals surface area contributed by atoms with Gasteiger partial charge in [0.05, 0.1) is 17.7 Å². The quantitative estimate of drug-likeness (QED) is 0.880. The molecule has 6 heteroatoms. The van der Waals surface area contributed by atoms with E-state index in [-0.39, 0.29) is 6.17 Å². The Morgan fingerprint density at radius 3 is 2.79 bits per heavy atom.